The Labute approximate surface area is 93.4 Å². The number of rotatable bonds is 3. The maximum atomic E-state index is 11.0. The van der Waals surface area contributed by atoms with Crippen LogP contribution in [0, 0.1) is 6.92 Å². The minimum atomic E-state index is -2.86. The summed E-state index contributed by atoms with van der Waals surface area (Å²) in [5.41, 5.74) is 2.20. The zero-order valence-corrected chi connectivity index (χ0v) is 10.7. The summed E-state index contributed by atoms with van der Waals surface area (Å²) in [6.07, 6.45) is 1.84. The van der Waals surface area contributed by atoms with Crippen LogP contribution in [0.5, 0.6) is 0 Å². The minimum absolute atomic E-state index is 0.211. The quantitative estimate of drug-likeness (QED) is 0.849. The average molecular weight is 277 g/mol. The van der Waals surface area contributed by atoms with Gasteiger partial charge < -0.3 is 0 Å². The molecule has 0 aliphatic rings. The van der Waals surface area contributed by atoms with Crippen LogP contribution in [0.25, 0.3) is 0 Å². The molecule has 0 N–H and O–H groups in total. The number of aryl methyl sites for hydroxylation is 2. The Morgan fingerprint density at radius 2 is 1.93 bits per heavy atom. The van der Waals surface area contributed by atoms with Crippen LogP contribution in [0.1, 0.15) is 11.1 Å². The van der Waals surface area contributed by atoms with Crippen LogP contribution in [0.4, 0.5) is 0 Å². The molecular weight excluding hydrogens is 264 g/mol. The van der Waals surface area contributed by atoms with Gasteiger partial charge in [-0.05, 0) is 36.6 Å². The molecule has 4 heteroatoms. The standard InChI is InChI=1S/C10H13BrO2S/c1-8-5-9(7-10(11)6-8)3-4-14(2,12)13/h5-7H,3-4H2,1-2H3. The fourth-order valence-corrected chi connectivity index (χ4v) is 2.52. The monoisotopic (exact) mass is 276 g/mol. The Bertz CT molecular complexity index is 403. The van der Waals surface area contributed by atoms with Gasteiger partial charge in [0.05, 0.1) is 5.75 Å². The van der Waals surface area contributed by atoms with E-state index >= 15 is 0 Å². The van der Waals surface area contributed by atoms with Gasteiger partial charge in [-0.2, -0.15) is 0 Å². The van der Waals surface area contributed by atoms with E-state index in [1.165, 1.54) is 6.26 Å². The van der Waals surface area contributed by atoms with Crippen molar-refractivity contribution in [3.63, 3.8) is 0 Å². The minimum Gasteiger partial charge on any atom is -0.229 e. The average Bonchev–Trinajstić information content (AvgIpc) is 1.97. The first kappa shape index (κ1) is 11.7. The van der Waals surface area contributed by atoms with Crippen LogP contribution in [0.15, 0.2) is 22.7 Å². The summed E-state index contributed by atoms with van der Waals surface area (Å²) in [6, 6.07) is 5.97. The van der Waals surface area contributed by atoms with Gasteiger partial charge in [0.1, 0.15) is 9.84 Å². The largest absolute Gasteiger partial charge is 0.229 e. The highest BCUT2D eigenvalue weighted by Crippen LogP contribution is 2.15. The van der Waals surface area contributed by atoms with Crippen LogP contribution in [-0.2, 0) is 16.3 Å². The first-order valence-electron chi connectivity index (χ1n) is 4.30. The fraction of sp³-hybridized carbons (Fsp3) is 0.400. The summed E-state index contributed by atoms with van der Waals surface area (Å²) in [5.74, 6) is 0.211. The highest BCUT2D eigenvalue weighted by atomic mass is 79.9. The topological polar surface area (TPSA) is 34.1 Å². The van der Waals surface area contributed by atoms with Gasteiger partial charge in [0.15, 0.2) is 0 Å². The van der Waals surface area contributed by atoms with Crippen LogP contribution >= 0.6 is 15.9 Å². The number of benzene rings is 1. The third kappa shape index (κ3) is 4.24. The van der Waals surface area contributed by atoms with E-state index in [4.69, 9.17) is 0 Å². The van der Waals surface area contributed by atoms with Crippen LogP contribution in [0.2, 0.25) is 0 Å². The first-order chi connectivity index (χ1) is 6.37. The molecule has 0 aliphatic heterocycles. The van der Waals surface area contributed by atoms with E-state index in [1.54, 1.807) is 0 Å². The van der Waals surface area contributed by atoms with Crippen molar-refractivity contribution in [2.75, 3.05) is 12.0 Å². The van der Waals surface area contributed by atoms with E-state index in [0.29, 0.717) is 6.42 Å². The van der Waals surface area contributed by atoms with Gasteiger partial charge in [0, 0.05) is 10.7 Å². The van der Waals surface area contributed by atoms with Crippen molar-refractivity contribution in [2.24, 2.45) is 0 Å². The second kappa shape index (κ2) is 4.45. The number of halogens is 1. The molecule has 0 saturated heterocycles. The van der Waals surface area contributed by atoms with Crippen molar-refractivity contribution < 1.29 is 8.42 Å². The molecule has 0 radical (unpaired) electrons. The third-order valence-electron chi connectivity index (χ3n) is 1.86. The molecule has 2 nitrogen and oxygen atoms in total. The number of hydrogen-bond donors (Lipinski definition) is 0. The van der Waals surface area contributed by atoms with E-state index in [2.05, 4.69) is 15.9 Å². The maximum absolute atomic E-state index is 11.0. The van der Waals surface area contributed by atoms with Gasteiger partial charge in [0.25, 0.3) is 0 Å². The lowest BCUT2D eigenvalue weighted by molar-refractivity contribution is 0.601. The fourth-order valence-electron chi connectivity index (χ4n) is 1.26. The molecule has 0 atom stereocenters. The molecule has 0 heterocycles. The zero-order valence-electron chi connectivity index (χ0n) is 8.25. The summed E-state index contributed by atoms with van der Waals surface area (Å²) in [6.45, 7) is 1.99. The van der Waals surface area contributed by atoms with Crippen molar-refractivity contribution in [3.8, 4) is 0 Å². The van der Waals surface area contributed by atoms with Gasteiger partial charge in [0.2, 0.25) is 0 Å². The lowest BCUT2D eigenvalue weighted by Crippen LogP contribution is -2.05. The Kier molecular flexibility index (Phi) is 3.72. The van der Waals surface area contributed by atoms with Gasteiger partial charge in [-0.1, -0.05) is 22.0 Å². The molecule has 0 spiro atoms. The normalized spacial score (nSPS) is 11.6. The molecule has 1 aromatic rings. The van der Waals surface area contributed by atoms with E-state index in [0.717, 1.165) is 15.6 Å². The summed E-state index contributed by atoms with van der Waals surface area (Å²) < 4.78 is 22.9. The molecule has 1 rings (SSSR count). The SMILES string of the molecule is Cc1cc(Br)cc(CCS(C)(=O)=O)c1. The Morgan fingerprint density at radius 3 is 2.43 bits per heavy atom. The molecule has 0 amide bonds. The van der Waals surface area contributed by atoms with Gasteiger partial charge in [-0.15, -0.1) is 0 Å². The lowest BCUT2D eigenvalue weighted by atomic mass is 10.1. The molecule has 1 aromatic carbocycles. The van der Waals surface area contributed by atoms with Crippen molar-refractivity contribution in [2.45, 2.75) is 13.3 Å². The summed E-state index contributed by atoms with van der Waals surface area (Å²) in [7, 11) is -2.86. The van der Waals surface area contributed by atoms with Crippen LogP contribution in [0.3, 0.4) is 0 Å². The molecule has 78 valence electrons. The van der Waals surface area contributed by atoms with Gasteiger partial charge in [-0.3, -0.25) is 0 Å². The number of sulfone groups is 1. The highest BCUT2D eigenvalue weighted by molar-refractivity contribution is 9.10. The zero-order chi connectivity index (χ0) is 10.8. The van der Waals surface area contributed by atoms with E-state index in [-0.39, 0.29) is 5.75 Å². The molecule has 0 fully saturated rings. The predicted octanol–water partition coefficient (Wildman–Crippen LogP) is 2.34. The second-order valence-electron chi connectivity index (χ2n) is 3.52. The molecule has 0 aromatic heterocycles. The molecule has 0 saturated carbocycles. The number of hydrogen-bond acceptors (Lipinski definition) is 2. The molecule has 14 heavy (non-hydrogen) atoms. The summed E-state index contributed by atoms with van der Waals surface area (Å²) in [4.78, 5) is 0. The van der Waals surface area contributed by atoms with Crippen LogP contribution < -0.4 is 0 Å². The Morgan fingerprint density at radius 1 is 1.29 bits per heavy atom. The molecule has 0 bridgehead atoms. The summed E-state index contributed by atoms with van der Waals surface area (Å²) in [5, 5.41) is 0. The summed E-state index contributed by atoms with van der Waals surface area (Å²) >= 11 is 3.38. The van der Waals surface area contributed by atoms with Crippen molar-refractivity contribution in [1.82, 2.24) is 0 Å². The molecule has 0 unspecified atom stereocenters. The highest BCUT2D eigenvalue weighted by Gasteiger charge is 2.03. The van der Waals surface area contributed by atoms with E-state index < -0.39 is 9.84 Å². The third-order valence-corrected chi connectivity index (χ3v) is 3.27. The van der Waals surface area contributed by atoms with Crippen molar-refractivity contribution in [3.05, 3.63) is 33.8 Å². The predicted molar refractivity (Wildman–Crippen MR) is 62.3 cm³/mol. The van der Waals surface area contributed by atoms with Crippen molar-refractivity contribution >= 4 is 25.8 Å². The van der Waals surface area contributed by atoms with E-state index in [9.17, 15) is 8.42 Å². The van der Waals surface area contributed by atoms with E-state index in [1.807, 2.05) is 25.1 Å². The first-order valence-corrected chi connectivity index (χ1v) is 7.16. The Hall–Kier alpha value is -0.350. The smallest absolute Gasteiger partial charge is 0.147 e. The lowest BCUT2D eigenvalue weighted by Gasteiger charge is -2.03. The molecular formula is C10H13BrO2S. The molecule has 0 aliphatic carbocycles. The van der Waals surface area contributed by atoms with Gasteiger partial charge >= 0.3 is 0 Å². The second-order valence-corrected chi connectivity index (χ2v) is 6.69. The van der Waals surface area contributed by atoms with Crippen LogP contribution in [-0.4, -0.2) is 20.4 Å². The maximum Gasteiger partial charge on any atom is 0.147 e. The van der Waals surface area contributed by atoms with Crippen molar-refractivity contribution in [1.29, 1.82) is 0 Å². The Balaban J connectivity index is 2.78. The van der Waals surface area contributed by atoms with Gasteiger partial charge in [-0.25, -0.2) is 8.42 Å².